The molecule has 0 spiro atoms. The van der Waals surface area contributed by atoms with Crippen molar-refractivity contribution in [3.05, 3.63) is 29.6 Å². The van der Waals surface area contributed by atoms with Crippen molar-refractivity contribution in [3.63, 3.8) is 0 Å². The first-order chi connectivity index (χ1) is 8.58. The van der Waals surface area contributed by atoms with Crippen LogP contribution in [0.15, 0.2) is 18.2 Å². The molecule has 0 aromatic heterocycles. The molecule has 2 rings (SSSR count). The lowest BCUT2D eigenvalue weighted by molar-refractivity contribution is -0.138. The predicted molar refractivity (Wildman–Crippen MR) is 64.3 cm³/mol. The molecule has 0 amide bonds. The van der Waals surface area contributed by atoms with Crippen LogP contribution in [0.5, 0.6) is 5.75 Å². The molecular formula is C13H16FNO3. The van der Waals surface area contributed by atoms with Crippen molar-refractivity contribution >= 4 is 5.97 Å². The Hall–Kier alpha value is -1.62. The van der Waals surface area contributed by atoms with E-state index in [1.165, 1.54) is 12.1 Å². The monoisotopic (exact) mass is 253 g/mol. The number of fused-ring (bicyclic) bond motifs is 1. The SMILES string of the molecule is CCN(CC(=O)O)CC1Cc2cc(F)ccc2O1. The minimum atomic E-state index is -0.849. The molecule has 1 aromatic rings. The number of benzene rings is 1. The summed E-state index contributed by atoms with van der Waals surface area (Å²) < 4.78 is 18.7. The largest absolute Gasteiger partial charge is 0.488 e. The van der Waals surface area contributed by atoms with Crippen LogP contribution in [-0.4, -0.2) is 41.7 Å². The standard InChI is InChI=1S/C13H16FNO3/c1-2-15(8-13(16)17)7-11-6-9-5-10(14)3-4-12(9)18-11/h3-5,11H,2,6-8H2,1H3,(H,16,17). The molecule has 5 heteroatoms. The highest BCUT2D eigenvalue weighted by Crippen LogP contribution is 2.29. The van der Waals surface area contributed by atoms with Crippen molar-refractivity contribution in [2.75, 3.05) is 19.6 Å². The molecule has 98 valence electrons. The fourth-order valence-electron chi connectivity index (χ4n) is 2.18. The second-order valence-corrected chi connectivity index (χ2v) is 4.42. The highest BCUT2D eigenvalue weighted by atomic mass is 19.1. The van der Waals surface area contributed by atoms with E-state index in [0.717, 1.165) is 5.56 Å². The highest BCUT2D eigenvalue weighted by molar-refractivity contribution is 5.69. The Balaban J connectivity index is 1.96. The van der Waals surface area contributed by atoms with Crippen molar-refractivity contribution in [2.45, 2.75) is 19.4 Å². The normalized spacial score (nSPS) is 17.6. The zero-order valence-electron chi connectivity index (χ0n) is 10.2. The topological polar surface area (TPSA) is 49.8 Å². The molecule has 0 aliphatic carbocycles. The maximum absolute atomic E-state index is 13.0. The van der Waals surface area contributed by atoms with Crippen LogP contribution in [0.3, 0.4) is 0 Å². The van der Waals surface area contributed by atoms with E-state index in [4.69, 9.17) is 9.84 Å². The number of carbonyl (C=O) groups is 1. The Labute approximate surface area is 105 Å². The molecule has 0 radical (unpaired) electrons. The first kappa shape index (κ1) is 12.8. The minimum Gasteiger partial charge on any atom is -0.488 e. The molecule has 1 heterocycles. The van der Waals surface area contributed by atoms with Gasteiger partial charge in [0.25, 0.3) is 0 Å². The van der Waals surface area contributed by atoms with E-state index in [2.05, 4.69) is 0 Å². The lowest BCUT2D eigenvalue weighted by atomic mass is 10.1. The Bertz CT molecular complexity index is 450. The Kier molecular flexibility index (Phi) is 3.81. The van der Waals surface area contributed by atoms with Gasteiger partial charge in [-0.2, -0.15) is 0 Å². The van der Waals surface area contributed by atoms with Crippen LogP contribution in [0.4, 0.5) is 4.39 Å². The first-order valence-corrected chi connectivity index (χ1v) is 5.97. The number of rotatable bonds is 5. The van der Waals surface area contributed by atoms with Gasteiger partial charge in [0.05, 0.1) is 6.54 Å². The molecule has 1 aromatic carbocycles. The average Bonchev–Trinajstić information content (AvgIpc) is 2.68. The van der Waals surface area contributed by atoms with E-state index in [1.54, 1.807) is 11.0 Å². The lowest BCUT2D eigenvalue weighted by Crippen LogP contribution is -2.38. The van der Waals surface area contributed by atoms with E-state index in [0.29, 0.717) is 25.3 Å². The van der Waals surface area contributed by atoms with Gasteiger partial charge in [-0.05, 0) is 24.7 Å². The van der Waals surface area contributed by atoms with Crippen LogP contribution in [0, 0.1) is 5.82 Å². The zero-order valence-corrected chi connectivity index (χ0v) is 10.2. The molecule has 0 fully saturated rings. The Morgan fingerprint density at radius 1 is 1.61 bits per heavy atom. The number of ether oxygens (including phenoxy) is 1. The summed E-state index contributed by atoms with van der Waals surface area (Å²) >= 11 is 0. The van der Waals surface area contributed by atoms with Gasteiger partial charge in [0.2, 0.25) is 0 Å². The van der Waals surface area contributed by atoms with Crippen molar-refractivity contribution in [1.82, 2.24) is 4.90 Å². The van der Waals surface area contributed by atoms with Crippen LogP contribution in [0.2, 0.25) is 0 Å². The van der Waals surface area contributed by atoms with Crippen LogP contribution in [0.1, 0.15) is 12.5 Å². The summed E-state index contributed by atoms with van der Waals surface area (Å²) in [7, 11) is 0. The van der Waals surface area contributed by atoms with Crippen LogP contribution >= 0.6 is 0 Å². The molecule has 0 bridgehead atoms. The van der Waals surface area contributed by atoms with Gasteiger partial charge in [-0.15, -0.1) is 0 Å². The van der Waals surface area contributed by atoms with Gasteiger partial charge in [-0.3, -0.25) is 9.69 Å². The number of likely N-dealkylation sites (N-methyl/N-ethyl adjacent to an activating group) is 1. The molecule has 0 saturated carbocycles. The zero-order chi connectivity index (χ0) is 13.1. The Morgan fingerprint density at radius 3 is 3.06 bits per heavy atom. The van der Waals surface area contributed by atoms with Crippen molar-refractivity contribution < 1.29 is 19.0 Å². The minimum absolute atomic E-state index is 0.00106. The number of aliphatic carboxylic acids is 1. The molecule has 0 saturated heterocycles. The summed E-state index contributed by atoms with van der Waals surface area (Å²) in [5.41, 5.74) is 0.853. The van der Waals surface area contributed by atoms with Gasteiger partial charge in [0, 0.05) is 18.5 Å². The van der Waals surface area contributed by atoms with Crippen molar-refractivity contribution in [1.29, 1.82) is 0 Å². The summed E-state index contributed by atoms with van der Waals surface area (Å²) in [6.07, 6.45) is 0.532. The van der Waals surface area contributed by atoms with E-state index in [9.17, 15) is 9.18 Å². The van der Waals surface area contributed by atoms with Gasteiger partial charge in [-0.1, -0.05) is 6.92 Å². The fourth-order valence-corrected chi connectivity index (χ4v) is 2.18. The summed E-state index contributed by atoms with van der Waals surface area (Å²) in [6, 6.07) is 4.47. The third-order valence-electron chi connectivity index (χ3n) is 3.03. The third kappa shape index (κ3) is 2.98. The molecule has 1 unspecified atom stereocenters. The fraction of sp³-hybridized carbons (Fsp3) is 0.462. The quantitative estimate of drug-likeness (QED) is 0.864. The molecule has 1 aliphatic heterocycles. The third-order valence-corrected chi connectivity index (χ3v) is 3.03. The van der Waals surface area contributed by atoms with Gasteiger partial charge >= 0.3 is 5.97 Å². The molecule has 1 aliphatic rings. The van der Waals surface area contributed by atoms with Crippen LogP contribution in [-0.2, 0) is 11.2 Å². The molecule has 18 heavy (non-hydrogen) atoms. The highest BCUT2D eigenvalue weighted by Gasteiger charge is 2.25. The number of halogens is 1. The van der Waals surface area contributed by atoms with E-state index in [-0.39, 0.29) is 18.5 Å². The number of nitrogens with zero attached hydrogens (tertiary/aromatic N) is 1. The van der Waals surface area contributed by atoms with Crippen molar-refractivity contribution in [3.8, 4) is 5.75 Å². The maximum atomic E-state index is 13.0. The predicted octanol–water partition coefficient (Wildman–Crippen LogP) is 1.54. The number of hydrogen-bond acceptors (Lipinski definition) is 3. The van der Waals surface area contributed by atoms with E-state index < -0.39 is 5.97 Å². The second-order valence-electron chi connectivity index (χ2n) is 4.42. The smallest absolute Gasteiger partial charge is 0.317 e. The van der Waals surface area contributed by atoms with Gasteiger partial charge in [0.1, 0.15) is 17.7 Å². The molecule has 4 nitrogen and oxygen atoms in total. The lowest BCUT2D eigenvalue weighted by Gasteiger charge is -2.21. The molecule has 1 atom stereocenters. The average molecular weight is 253 g/mol. The summed E-state index contributed by atoms with van der Waals surface area (Å²) in [6.45, 7) is 3.10. The number of hydrogen-bond donors (Lipinski definition) is 1. The number of carboxylic acid groups (broad SMARTS) is 1. The van der Waals surface area contributed by atoms with Gasteiger partial charge in [0.15, 0.2) is 0 Å². The summed E-state index contributed by atoms with van der Waals surface area (Å²) in [4.78, 5) is 12.5. The van der Waals surface area contributed by atoms with Crippen LogP contribution < -0.4 is 4.74 Å². The van der Waals surface area contributed by atoms with Gasteiger partial charge < -0.3 is 9.84 Å². The van der Waals surface area contributed by atoms with Crippen molar-refractivity contribution in [2.24, 2.45) is 0 Å². The first-order valence-electron chi connectivity index (χ1n) is 5.97. The molecular weight excluding hydrogens is 237 g/mol. The van der Waals surface area contributed by atoms with E-state index in [1.807, 2.05) is 6.92 Å². The van der Waals surface area contributed by atoms with Gasteiger partial charge in [-0.25, -0.2) is 4.39 Å². The maximum Gasteiger partial charge on any atom is 0.317 e. The Morgan fingerprint density at radius 2 is 2.39 bits per heavy atom. The van der Waals surface area contributed by atoms with E-state index >= 15 is 0 Å². The molecule has 1 N–H and O–H groups in total. The second kappa shape index (κ2) is 5.35. The number of carboxylic acids is 1. The summed E-state index contributed by atoms with van der Waals surface area (Å²) in [5.74, 6) is -0.415. The summed E-state index contributed by atoms with van der Waals surface area (Å²) in [5, 5.41) is 8.77. The van der Waals surface area contributed by atoms with Crippen LogP contribution in [0.25, 0.3) is 0 Å².